The molecule has 1 rings (SSSR count). The zero-order valence-corrected chi connectivity index (χ0v) is 9.45. The van der Waals surface area contributed by atoms with Crippen molar-refractivity contribution in [3.8, 4) is 0 Å². The third kappa shape index (κ3) is 3.39. The van der Waals surface area contributed by atoms with E-state index in [2.05, 4.69) is 4.74 Å². The quantitative estimate of drug-likeness (QED) is 0.369. The van der Waals surface area contributed by atoms with Crippen LogP contribution in [0.4, 0.5) is 23.2 Å². The van der Waals surface area contributed by atoms with Gasteiger partial charge in [0.15, 0.2) is 0 Å². The first-order valence-corrected chi connectivity index (χ1v) is 4.77. The maximum Gasteiger partial charge on any atom is 0.423 e. The second-order valence-corrected chi connectivity index (χ2v) is 3.47. The van der Waals surface area contributed by atoms with Gasteiger partial charge < -0.3 is 4.74 Å². The Hall–Kier alpha value is -2.19. The Bertz CT molecular complexity index is 527. The number of nitrogens with zero attached hydrogens (tertiary/aromatic N) is 1. The third-order valence-corrected chi connectivity index (χ3v) is 2.23. The summed E-state index contributed by atoms with van der Waals surface area (Å²) in [5.74, 6) is -2.28. The first kappa shape index (κ1) is 14.9. The van der Waals surface area contributed by atoms with Gasteiger partial charge in [0.05, 0.1) is 18.5 Å². The van der Waals surface area contributed by atoms with Crippen molar-refractivity contribution in [2.75, 3.05) is 7.11 Å². The normalized spacial score (nSPS) is 11.2. The summed E-state index contributed by atoms with van der Waals surface area (Å²) in [6.07, 6.45) is -5.76. The second-order valence-electron chi connectivity index (χ2n) is 3.47. The topological polar surface area (TPSA) is 69.4 Å². The predicted octanol–water partition coefficient (Wildman–Crippen LogP) is 2.47. The molecule has 0 amide bonds. The Kier molecular flexibility index (Phi) is 4.07. The van der Waals surface area contributed by atoms with Gasteiger partial charge in [0.2, 0.25) is 0 Å². The van der Waals surface area contributed by atoms with Crippen LogP contribution in [-0.4, -0.2) is 18.0 Å². The van der Waals surface area contributed by atoms with Crippen LogP contribution in [0.25, 0.3) is 0 Å². The molecule has 0 aliphatic carbocycles. The molecule has 0 unspecified atom stereocenters. The fraction of sp³-hybridized carbons (Fsp3) is 0.300. The van der Waals surface area contributed by atoms with Crippen LogP contribution in [0.15, 0.2) is 12.1 Å². The van der Waals surface area contributed by atoms with Crippen LogP contribution in [0.3, 0.4) is 0 Å². The molecule has 0 radical (unpaired) electrons. The number of alkyl halides is 3. The number of hydrogen-bond acceptors (Lipinski definition) is 4. The molecular weight excluding hydrogens is 274 g/mol. The van der Waals surface area contributed by atoms with E-state index in [1.54, 1.807) is 0 Å². The average Bonchev–Trinajstić information content (AvgIpc) is 2.29. The van der Waals surface area contributed by atoms with Crippen molar-refractivity contribution < 1.29 is 32.0 Å². The molecule has 1 aromatic carbocycles. The number of esters is 1. The average molecular weight is 281 g/mol. The monoisotopic (exact) mass is 281 g/mol. The van der Waals surface area contributed by atoms with Crippen LogP contribution in [0.5, 0.6) is 0 Å². The van der Waals surface area contributed by atoms with Gasteiger partial charge >= 0.3 is 12.1 Å². The molecule has 1 aromatic rings. The number of methoxy groups -OCH3 is 1. The van der Waals surface area contributed by atoms with Gasteiger partial charge in [-0.15, -0.1) is 0 Å². The van der Waals surface area contributed by atoms with Gasteiger partial charge in [-0.1, -0.05) is 0 Å². The molecule has 19 heavy (non-hydrogen) atoms. The molecule has 0 aromatic heterocycles. The molecule has 0 aliphatic heterocycles. The summed E-state index contributed by atoms with van der Waals surface area (Å²) in [6.45, 7) is 0. The molecule has 0 bridgehead atoms. The summed E-state index contributed by atoms with van der Waals surface area (Å²) in [6, 6.07) is 0.380. The third-order valence-electron chi connectivity index (χ3n) is 2.23. The fourth-order valence-corrected chi connectivity index (χ4v) is 1.35. The molecule has 0 spiro atoms. The van der Waals surface area contributed by atoms with Crippen molar-refractivity contribution in [1.82, 2.24) is 0 Å². The lowest BCUT2D eigenvalue weighted by molar-refractivity contribution is -0.388. The fourth-order valence-electron chi connectivity index (χ4n) is 1.35. The lowest BCUT2D eigenvalue weighted by Crippen LogP contribution is -2.12. The van der Waals surface area contributed by atoms with Crippen LogP contribution in [0, 0.1) is 15.9 Å². The Labute approximate surface area is 103 Å². The van der Waals surface area contributed by atoms with Gasteiger partial charge in [0.1, 0.15) is 11.4 Å². The predicted molar refractivity (Wildman–Crippen MR) is 53.8 cm³/mol. The first-order valence-electron chi connectivity index (χ1n) is 4.77. The standard InChI is InChI=1S/C10H7F4NO4/c1-19-9(16)3-5-2-8(15(17)18)6(4-7(5)11)10(12,13)14/h2,4H,3H2,1H3. The molecule has 0 atom stereocenters. The largest absolute Gasteiger partial charge is 0.469 e. The number of ether oxygens (including phenoxy) is 1. The maximum atomic E-state index is 13.4. The van der Waals surface area contributed by atoms with E-state index in [1.165, 1.54) is 0 Å². The Morgan fingerprint density at radius 2 is 2.00 bits per heavy atom. The van der Waals surface area contributed by atoms with E-state index in [0.29, 0.717) is 6.07 Å². The molecular formula is C10H7F4NO4. The maximum absolute atomic E-state index is 13.4. The minimum absolute atomic E-state index is 0.00356. The Morgan fingerprint density at radius 3 is 2.42 bits per heavy atom. The van der Waals surface area contributed by atoms with Crippen molar-refractivity contribution in [2.24, 2.45) is 0 Å². The molecule has 0 N–H and O–H groups in total. The van der Waals surface area contributed by atoms with E-state index in [4.69, 9.17) is 0 Å². The van der Waals surface area contributed by atoms with Gasteiger partial charge in [-0.3, -0.25) is 14.9 Å². The molecule has 0 heterocycles. The number of hydrogen-bond donors (Lipinski definition) is 0. The first-order chi connectivity index (χ1) is 8.66. The van der Waals surface area contributed by atoms with E-state index >= 15 is 0 Å². The molecule has 104 valence electrons. The van der Waals surface area contributed by atoms with E-state index in [0.717, 1.165) is 7.11 Å². The second kappa shape index (κ2) is 5.21. The zero-order chi connectivity index (χ0) is 14.8. The lowest BCUT2D eigenvalue weighted by Gasteiger charge is -2.09. The summed E-state index contributed by atoms with van der Waals surface area (Å²) >= 11 is 0. The van der Waals surface area contributed by atoms with Gasteiger partial charge in [-0.2, -0.15) is 13.2 Å². The van der Waals surface area contributed by atoms with Crippen LogP contribution in [0.1, 0.15) is 11.1 Å². The van der Waals surface area contributed by atoms with Crippen molar-refractivity contribution >= 4 is 11.7 Å². The lowest BCUT2D eigenvalue weighted by atomic mass is 10.1. The van der Waals surface area contributed by atoms with Crippen molar-refractivity contribution in [3.63, 3.8) is 0 Å². The highest BCUT2D eigenvalue weighted by atomic mass is 19.4. The molecule has 0 aliphatic rings. The SMILES string of the molecule is COC(=O)Cc1cc([N+](=O)[O-])c(C(F)(F)F)cc1F. The summed E-state index contributed by atoms with van der Waals surface area (Å²) in [7, 11) is 0.999. The van der Waals surface area contributed by atoms with Crippen LogP contribution < -0.4 is 0 Å². The molecule has 5 nitrogen and oxygen atoms in total. The number of rotatable bonds is 3. The van der Waals surface area contributed by atoms with Crippen molar-refractivity contribution in [2.45, 2.75) is 12.6 Å². The van der Waals surface area contributed by atoms with E-state index in [-0.39, 0.29) is 6.07 Å². The molecule has 0 saturated carbocycles. The highest BCUT2D eigenvalue weighted by molar-refractivity contribution is 5.73. The van der Waals surface area contributed by atoms with Crippen LogP contribution >= 0.6 is 0 Å². The van der Waals surface area contributed by atoms with Gasteiger partial charge in [-0.05, 0) is 6.07 Å². The highest BCUT2D eigenvalue weighted by Gasteiger charge is 2.39. The van der Waals surface area contributed by atoms with Crippen molar-refractivity contribution in [1.29, 1.82) is 0 Å². The minimum atomic E-state index is -5.06. The number of carbonyl (C=O) groups excluding carboxylic acids is 1. The summed E-state index contributed by atoms with van der Waals surface area (Å²) < 4.78 is 55.1. The zero-order valence-electron chi connectivity index (χ0n) is 9.45. The van der Waals surface area contributed by atoms with Crippen molar-refractivity contribution in [3.05, 3.63) is 39.2 Å². The number of halogens is 4. The van der Waals surface area contributed by atoms with Gasteiger partial charge in [0, 0.05) is 11.6 Å². The number of nitro benzene ring substituents is 1. The summed E-state index contributed by atoms with van der Waals surface area (Å²) in [5.41, 5.74) is -3.55. The Morgan fingerprint density at radius 1 is 1.42 bits per heavy atom. The summed E-state index contributed by atoms with van der Waals surface area (Å²) in [4.78, 5) is 20.2. The van der Waals surface area contributed by atoms with E-state index < -0.39 is 46.1 Å². The van der Waals surface area contributed by atoms with Crippen LogP contribution in [0.2, 0.25) is 0 Å². The number of carbonyl (C=O) groups is 1. The van der Waals surface area contributed by atoms with Gasteiger partial charge in [0.25, 0.3) is 5.69 Å². The Balaban J connectivity index is 3.37. The molecule has 0 saturated heterocycles. The molecule has 9 heteroatoms. The van der Waals surface area contributed by atoms with Crippen LogP contribution in [-0.2, 0) is 22.1 Å². The number of benzene rings is 1. The highest BCUT2D eigenvalue weighted by Crippen LogP contribution is 2.37. The molecule has 0 fully saturated rings. The van der Waals surface area contributed by atoms with E-state index in [9.17, 15) is 32.5 Å². The van der Waals surface area contributed by atoms with E-state index in [1.807, 2.05) is 0 Å². The van der Waals surface area contributed by atoms with Gasteiger partial charge in [-0.25, -0.2) is 4.39 Å². The minimum Gasteiger partial charge on any atom is -0.469 e. The smallest absolute Gasteiger partial charge is 0.423 e. The number of nitro groups is 1. The summed E-state index contributed by atoms with van der Waals surface area (Å²) in [5, 5.41) is 10.6.